The standard InChI is InChI=1S/C25H20N2O2S/c1-16-12-20(13-17(2)24(16)28)26-27-23-15-19-9-7-6-8-18(19)14-22(23)25(29)30-21-10-4-3-5-11-21/h3-15,28H,1-2H3. The Kier molecular flexibility index (Phi) is 5.63. The normalized spacial score (nSPS) is 11.3. The van der Waals surface area contributed by atoms with Gasteiger partial charge in [0.15, 0.2) is 0 Å². The third-order valence-corrected chi connectivity index (χ3v) is 5.70. The fourth-order valence-electron chi connectivity index (χ4n) is 3.23. The number of aryl methyl sites for hydroxylation is 2. The topological polar surface area (TPSA) is 62.0 Å². The van der Waals surface area contributed by atoms with Gasteiger partial charge in [0.05, 0.1) is 16.9 Å². The smallest absolute Gasteiger partial charge is 0.226 e. The van der Waals surface area contributed by atoms with Crippen LogP contribution in [0.3, 0.4) is 0 Å². The van der Waals surface area contributed by atoms with Gasteiger partial charge >= 0.3 is 0 Å². The number of aromatic hydroxyl groups is 1. The molecule has 0 fully saturated rings. The second-order valence-electron chi connectivity index (χ2n) is 7.05. The Hall–Kier alpha value is -3.44. The molecule has 1 N–H and O–H groups in total. The van der Waals surface area contributed by atoms with Gasteiger partial charge in [-0.2, -0.15) is 5.11 Å². The van der Waals surface area contributed by atoms with Crippen LogP contribution < -0.4 is 0 Å². The van der Waals surface area contributed by atoms with Crippen molar-refractivity contribution in [2.75, 3.05) is 0 Å². The summed E-state index contributed by atoms with van der Waals surface area (Å²) < 4.78 is 0. The van der Waals surface area contributed by atoms with Gasteiger partial charge < -0.3 is 5.11 Å². The lowest BCUT2D eigenvalue weighted by Crippen LogP contribution is -1.94. The Labute approximate surface area is 179 Å². The summed E-state index contributed by atoms with van der Waals surface area (Å²) in [6, 6.07) is 24.7. The zero-order valence-electron chi connectivity index (χ0n) is 16.7. The minimum absolute atomic E-state index is 0.0843. The number of nitrogens with zero attached hydrogens (tertiary/aromatic N) is 2. The van der Waals surface area contributed by atoms with Crippen LogP contribution in [0.4, 0.5) is 11.4 Å². The lowest BCUT2D eigenvalue weighted by molar-refractivity contribution is 0.108. The summed E-state index contributed by atoms with van der Waals surface area (Å²) in [6.07, 6.45) is 0. The van der Waals surface area contributed by atoms with Gasteiger partial charge in [-0.1, -0.05) is 42.5 Å². The largest absolute Gasteiger partial charge is 0.507 e. The van der Waals surface area contributed by atoms with Crippen LogP contribution in [0.15, 0.2) is 94.0 Å². The highest BCUT2D eigenvalue weighted by Gasteiger charge is 2.15. The Morgan fingerprint density at radius 1 is 0.800 bits per heavy atom. The first-order valence-corrected chi connectivity index (χ1v) is 10.3. The second kappa shape index (κ2) is 8.51. The molecule has 0 saturated heterocycles. The average Bonchev–Trinajstić information content (AvgIpc) is 2.76. The summed E-state index contributed by atoms with van der Waals surface area (Å²) in [7, 11) is 0. The number of thioether (sulfide) groups is 1. The number of carbonyl (C=O) groups excluding carboxylic acids is 1. The highest BCUT2D eigenvalue weighted by atomic mass is 32.2. The van der Waals surface area contributed by atoms with E-state index >= 15 is 0 Å². The van der Waals surface area contributed by atoms with Gasteiger partial charge in [-0.25, -0.2) is 0 Å². The summed E-state index contributed by atoms with van der Waals surface area (Å²) in [4.78, 5) is 13.9. The minimum atomic E-state index is -0.0843. The van der Waals surface area contributed by atoms with E-state index in [0.29, 0.717) is 16.9 Å². The first kappa shape index (κ1) is 19.9. The molecule has 4 aromatic carbocycles. The number of hydrogen-bond donors (Lipinski definition) is 1. The molecule has 0 saturated carbocycles. The Morgan fingerprint density at radius 3 is 2.07 bits per heavy atom. The molecule has 4 aromatic rings. The van der Waals surface area contributed by atoms with Crippen LogP contribution in [0.2, 0.25) is 0 Å². The zero-order valence-corrected chi connectivity index (χ0v) is 17.5. The molecule has 0 aliphatic rings. The summed E-state index contributed by atoms with van der Waals surface area (Å²) in [5.74, 6) is 0.259. The van der Waals surface area contributed by atoms with Crippen molar-refractivity contribution < 1.29 is 9.90 Å². The van der Waals surface area contributed by atoms with E-state index in [2.05, 4.69) is 10.2 Å². The third-order valence-electron chi connectivity index (χ3n) is 4.79. The van der Waals surface area contributed by atoms with Crippen molar-refractivity contribution >= 4 is 39.0 Å². The summed E-state index contributed by atoms with van der Waals surface area (Å²) in [5.41, 5.74) is 3.13. The van der Waals surface area contributed by atoms with Gasteiger partial charge in [0.2, 0.25) is 5.12 Å². The molecule has 0 aliphatic heterocycles. The second-order valence-corrected chi connectivity index (χ2v) is 8.09. The number of carbonyl (C=O) groups is 1. The maximum Gasteiger partial charge on any atom is 0.226 e. The van der Waals surface area contributed by atoms with Crippen LogP contribution in [-0.2, 0) is 0 Å². The molecule has 0 atom stereocenters. The molecular weight excluding hydrogens is 392 g/mol. The molecule has 0 aliphatic carbocycles. The van der Waals surface area contributed by atoms with Crippen molar-refractivity contribution in [2.45, 2.75) is 18.7 Å². The van der Waals surface area contributed by atoms with Crippen molar-refractivity contribution in [1.82, 2.24) is 0 Å². The molecule has 5 heteroatoms. The van der Waals surface area contributed by atoms with Crippen LogP contribution in [0.5, 0.6) is 5.75 Å². The molecular formula is C25H20N2O2S. The van der Waals surface area contributed by atoms with Crippen LogP contribution in [0.25, 0.3) is 10.8 Å². The van der Waals surface area contributed by atoms with E-state index in [4.69, 9.17) is 0 Å². The quantitative estimate of drug-likeness (QED) is 0.279. The molecule has 30 heavy (non-hydrogen) atoms. The van der Waals surface area contributed by atoms with Gasteiger partial charge in [-0.05, 0) is 83.9 Å². The van der Waals surface area contributed by atoms with Gasteiger partial charge in [0, 0.05) is 4.90 Å². The number of benzene rings is 4. The molecule has 0 radical (unpaired) electrons. The highest BCUT2D eigenvalue weighted by Crippen LogP contribution is 2.34. The SMILES string of the molecule is Cc1cc(N=Nc2cc3ccccc3cc2C(=O)Sc2ccccc2)cc(C)c1O. The van der Waals surface area contributed by atoms with Crippen LogP contribution in [0, 0.1) is 13.8 Å². The Bertz CT molecular complexity index is 1240. The molecule has 148 valence electrons. The monoisotopic (exact) mass is 412 g/mol. The predicted octanol–water partition coefficient (Wildman–Crippen LogP) is 7.51. The molecule has 0 spiro atoms. The number of azo groups is 1. The lowest BCUT2D eigenvalue weighted by atomic mass is 10.1. The van der Waals surface area contributed by atoms with E-state index in [-0.39, 0.29) is 10.9 Å². The zero-order chi connectivity index (χ0) is 21.1. The van der Waals surface area contributed by atoms with E-state index < -0.39 is 0 Å². The van der Waals surface area contributed by atoms with Crippen molar-refractivity contribution in [3.05, 3.63) is 95.6 Å². The molecule has 4 rings (SSSR count). The Balaban J connectivity index is 1.75. The molecule has 0 aromatic heterocycles. The van der Waals surface area contributed by atoms with Crippen LogP contribution in [-0.4, -0.2) is 10.2 Å². The number of hydrogen-bond acceptors (Lipinski definition) is 5. The molecule has 0 unspecified atom stereocenters. The fourth-order valence-corrected chi connectivity index (χ4v) is 4.01. The van der Waals surface area contributed by atoms with Crippen molar-refractivity contribution in [1.29, 1.82) is 0 Å². The van der Waals surface area contributed by atoms with Gasteiger partial charge in [0.25, 0.3) is 0 Å². The van der Waals surface area contributed by atoms with Crippen molar-refractivity contribution in [3.63, 3.8) is 0 Å². The molecule has 0 amide bonds. The molecule has 4 nitrogen and oxygen atoms in total. The van der Waals surface area contributed by atoms with Crippen LogP contribution in [0.1, 0.15) is 21.5 Å². The van der Waals surface area contributed by atoms with Gasteiger partial charge in [-0.3, -0.25) is 4.79 Å². The minimum Gasteiger partial charge on any atom is -0.507 e. The van der Waals surface area contributed by atoms with E-state index in [0.717, 1.165) is 26.8 Å². The van der Waals surface area contributed by atoms with E-state index in [1.54, 1.807) is 12.1 Å². The summed E-state index contributed by atoms with van der Waals surface area (Å²) >= 11 is 1.17. The predicted molar refractivity (Wildman–Crippen MR) is 122 cm³/mol. The van der Waals surface area contributed by atoms with E-state index in [9.17, 15) is 9.90 Å². The molecule has 0 bridgehead atoms. The van der Waals surface area contributed by atoms with Crippen molar-refractivity contribution in [3.8, 4) is 5.75 Å². The van der Waals surface area contributed by atoms with Gasteiger partial charge in [-0.15, -0.1) is 5.11 Å². The van der Waals surface area contributed by atoms with E-state index in [1.807, 2.05) is 80.6 Å². The van der Waals surface area contributed by atoms with E-state index in [1.165, 1.54) is 11.8 Å². The highest BCUT2D eigenvalue weighted by molar-refractivity contribution is 8.14. The lowest BCUT2D eigenvalue weighted by Gasteiger charge is -2.08. The summed E-state index contributed by atoms with van der Waals surface area (Å²) in [5, 5.41) is 20.6. The van der Waals surface area contributed by atoms with Gasteiger partial charge in [0.1, 0.15) is 5.75 Å². The first-order chi connectivity index (χ1) is 14.5. The Morgan fingerprint density at radius 2 is 1.40 bits per heavy atom. The first-order valence-electron chi connectivity index (χ1n) is 9.53. The number of rotatable bonds is 4. The van der Waals surface area contributed by atoms with Crippen LogP contribution >= 0.6 is 11.8 Å². The maximum absolute atomic E-state index is 13.1. The maximum atomic E-state index is 13.1. The number of phenolic OH excluding ortho intramolecular Hbond substituents is 1. The molecule has 0 heterocycles. The summed E-state index contributed by atoms with van der Waals surface area (Å²) in [6.45, 7) is 3.64. The number of fused-ring (bicyclic) bond motifs is 1. The van der Waals surface area contributed by atoms with Crippen molar-refractivity contribution in [2.24, 2.45) is 10.2 Å². The third kappa shape index (κ3) is 4.26. The number of phenols is 1. The fraction of sp³-hybridized carbons (Fsp3) is 0.0800. The average molecular weight is 413 g/mol.